The zero-order valence-corrected chi connectivity index (χ0v) is 12.8. The lowest BCUT2D eigenvalue weighted by molar-refractivity contribution is -0.119. The van der Waals surface area contributed by atoms with Crippen LogP contribution in [0.15, 0.2) is 53.6 Å². The molecule has 0 bridgehead atoms. The molecule has 0 unspecified atom stereocenters. The molecule has 22 heavy (non-hydrogen) atoms. The number of rotatable bonds is 5. The molecule has 5 nitrogen and oxygen atoms in total. The number of amides is 1. The number of benzene rings is 2. The predicted molar refractivity (Wildman–Crippen MR) is 90.9 cm³/mol. The van der Waals surface area contributed by atoms with E-state index in [4.69, 9.17) is 5.73 Å². The third kappa shape index (κ3) is 4.34. The normalized spacial score (nSPS) is 11.1. The van der Waals surface area contributed by atoms with E-state index in [9.17, 15) is 4.79 Å². The molecule has 4 N–H and O–H groups in total. The maximum Gasteiger partial charge on any atom is 0.259 e. The number of para-hydroxylation sites is 1. The van der Waals surface area contributed by atoms with Crippen LogP contribution in [0.4, 0.5) is 11.4 Å². The number of nitrogens with two attached hydrogens (primary N) is 1. The molecule has 0 heterocycles. The highest BCUT2D eigenvalue weighted by Crippen LogP contribution is 2.12. The van der Waals surface area contributed by atoms with Gasteiger partial charge in [0.05, 0.1) is 12.3 Å². The minimum Gasteiger partial charge on any atom is -0.399 e. The van der Waals surface area contributed by atoms with Crippen molar-refractivity contribution in [2.45, 2.75) is 13.8 Å². The fourth-order valence-corrected chi connectivity index (χ4v) is 1.92. The summed E-state index contributed by atoms with van der Waals surface area (Å²) in [6, 6.07) is 15.1. The minimum absolute atomic E-state index is 0.170. The molecule has 0 aromatic heterocycles. The van der Waals surface area contributed by atoms with Crippen LogP contribution < -0.4 is 16.5 Å². The average molecular weight is 296 g/mol. The summed E-state index contributed by atoms with van der Waals surface area (Å²) in [5.41, 5.74) is 12.6. The Morgan fingerprint density at radius 3 is 2.50 bits per heavy atom. The number of nitrogens with one attached hydrogen (secondary N) is 2. The maximum absolute atomic E-state index is 11.8. The molecular formula is C17H20N4O. The number of carbonyl (C=O) groups excluding carboxylic acids is 1. The van der Waals surface area contributed by atoms with Gasteiger partial charge in [-0.1, -0.05) is 30.3 Å². The predicted octanol–water partition coefficient (Wildman–Crippen LogP) is 2.53. The van der Waals surface area contributed by atoms with Crippen molar-refractivity contribution in [3.05, 3.63) is 59.7 Å². The summed E-state index contributed by atoms with van der Waals surface area (Å²) < 4.78 is 0. The average Bonchev–Trinajstić information content (AvgIpc) is 2.52. The number of carbonyl (C=O) groups is 1. The Balaban J connectivity index is 1.88. The summed E-state index contributed by atoms with van der Waals surface area (Å²) in [7, 11) is 0. The van der Waals surface area contributed by atoms with Crippen molar-refractivity contribution in [3.8, 4) is 0 Å². The molecular weight excluding hydrogens is 276 g/mol. The van der Waals surface area contributed by atoms with Crippen LogP contribution in [-0.4, -0.2) is 18.2 Å². The van der Waals surface area contributed by atoms with Crippen LogP contribution in [0.3, 0.4) is 0 Å². The number of hydrogen-bond acceptors (Lipinski definition) is 4. The third-order valence-electron chi connectivity index (χ3n) is 3.26. The zero-order chi connectivity index (χ0) is 15.9. The number of aryl methyl sites for hydroxylation is 1. The van der Waals surface area contributed by atoms with Gasteiger partial charge >= 0.3 is 0 Å². The van der Waals surface area contributed by atoms with Crippen LogP contribution in [0, 0.1) is 6.92 Å². The fourth-order valence-electron chi connectivity index (χ4n) is 1.92. The molecule has 0 aliphatic rings. The van der Waals surface area contributed by atoms with Gasteiger partial charge in [0.15, 0.2) is 0 Å². The number of nitrogens with zero attached hydrogens (tertiary/aromatic N) is 1. The summed E-state index contributed by atoms with van der Waals surface area (Å²) in [5, 5.41) is 7.18. The molecule has 2 rings (SSSR count). The van der Waals surface area contributed by atoms with Gasteiger partial charge < -0.3 is 11.1 Å². The Labute approximate surface area is 130 Å². The van der Waals surface area contributed by atoms with Gasteiger partial charge in [-0.05, 0) is 43.2 Å². The Morgan fingerprint density at radius 1 is 1.14 bits per heavy atom. The van der Waals surface area contributed by atoms with Crippen molar-refractivity contribution in [3.63, 3.8) is 0 Å². The van der Waals surface area contributed by atoms with E-state index in [1.807, 2.05) is 50.2 Å². The summed E-state index contributed by atoms with van der Waals surface area (Å²) in [5.74, 6) is -0.196. The van der Waals surface area contributed by atoms with Crippen molar-refractivity contribution in [2.24, 2.45) is 5.10 Å². The first kappa shape index (κ1) is 15.6. The lowest BCUT2D eigenvalue weighted by Gasteiger charge is -2.08. The van der Waals surface area contributed by atoms with Gasteiger partial charge in [0, 0.05) is 11.4 Å². The summed E-state index contributed by atoms with van der Waals surface area (Å²) in [6.07, 6.45) is 0. The first-order valence-corrected chi connectivity index (χ1v) is 7.05. The van der Waals surface area contributed by atoms with Crippen molar-refractivity contribution in [1.29, 1.82) is 0 Å². The molecule has 2 aromatic rings. The van der Waals surface area contributed by atoms with Crippen LogP contribution in [0.2, 0.25) is 0 Å². The van der Waals surface area contributed by atoms with Crippen LogP contribution >= 0.6 is 0 Å². The monoisotopic (exact) mass is 296 g/mol. The lowest BCUT2D eigenvalue weighted by atomic mass is 10.1. The van der Waals surface area contributed by atoms with Crippen molar-refractivity contribution >= 4 is 23.0 Å². The third-order valence-corrected chi connectivity index (χ3v) is 3.26. The first-order valence-electron chi connectivity index (χ1n) is 7.05. The minimum atomic E-state index is -0.196. The van der Waals surface area contributed by atoms with Crippen LogP contribution in [0.1, 0.15) is 18.1 Å². The highest BCUT2D eigenvalue weighted by molar-refractivity contribution is 5.99. The molecule has 0 aliphatic carbocycles. The van der Waals surface area contributed by atoms with E-state index in [2.05, 4.69) is 15.8 Å². The van der Waals surface area contributed by atoms with E-state index in [1.54, 1.807) is 12.1 Å². The van der Waals surface area contributed by atoms with Crippen LogP contribution in [-0.2, 0) is 4.79 Å². The van der Waals surface area contributed by atoms with Gasteiger partial charge in [0.1, 0.15) is 0 Å². The summed E-state index contributed by atoms with van der Waals surface area (Å²) in [6.45, 7) is 3.99. The second-order valence-corrected chi connectivity index (χ2v) is 5.02. The van der Waals surface area contributed by atoms with E-state index in [1.165, 1.54) is 0 Å². The molecule has 0 radical (unpaired) electrons. The zero-order valence-electron chi connectivity index (χ0n) is 12.8. The molecule has 114 valence electrons. The molecule has 0 saturated heterocycles. The highest BCUT2D eigenvalue weighted by atomic mass is 16.2. The molecule has 5 heteroatoms. The Hall–Kier alpha value is -2.82. The van der Waals surface area contributed by atoms with Crippen molar-refractivity contribution in [2.75, 3.05) is 17.6 Å². The first-order chi connectivity index (χ1) is 10.6. The Kier molecular flexibility index (Phi) is 5.14. The smallest absolute Gasteiger partial charge is 0.259 e. The van der Waals surface area contributed by atoms with E-state index in [-0.39, 0.29) is 12.5 Å². The molecule has 0 atom stereocenters. The molecule has 0 aliphatic heterocycles. The van der Waals surface area contributed by atoms with E-state index in [0.29, 0.717) is 5.69 Å². The molecule has 0 saturated carbocycles. The van der Waals surface area contributed by atoms with E-state index in [0.717, 1.165) is 22.5 Å². The quantitative estimate of drug-likeness (QED) is 0.450. The van der Waals surface area contributed by atoms with Crippen molar-refractivity contribution < 1.29 is 4.79 Å². The fraction of sp³-hybridized carbons (Fsp3) is 0.176. The number of hydrazone groups is 1. The van der Waals surface area contributed by atoms with Crippen LogP contribution in [0.5, 0.6) is 0 Å². The van der Waals surface area contributed by atoms with Gasteiger partial charge in [-0.25, -0.2) is 5.43 Å². The maximum atomic E-state index is 11.8. The number of hydrogen-bond donors (Lipinski definition) is 3. The number of nitrogen functional groups attached to an aromatic ring is 1. The molecule has 0 spiro atoms. The van der Waals surface area contributed by atoms with Gasteiger partial charge in [-0.3, -0.25) is 4.79 Å². The highest BCUT2D eigenvalue weighted by Gasteiger charge is 2.02. The Bertz CT molecular complexity index is 677. The summed E-state index contributed by atoms with van der Waals surface area (Å²) in [4.78, 5) is 11.8. The van der Waals surface area contributed by atoms with Gasteiger partial charge in [-0.15, -0.1) is 0 Å². The Morgan fingerprint density at radius 2 is 1.82 bits per heavy atom. The SMILES string of the molecule is CC(=NNC(=O)CNc1ccccc1C)c1ccc(N)cc1. The van der Waals surface area contributed by atoms with Gasteiger partial charge in [0.2, 0.25) is 0 Å². The van der Waals surface area contributed by atoms with E-state index >= 15 is 0 Å². The standard InChI is InChI=1S/C17H20N4O/c1-12-5-3-4-6-16(12)19-11-17(22)21-20-13(2)14-7-9-15(18)10-8-14/h3-10,19H,11,18H2,1-2H3,(H,21,22). The summed E-state index contributed by atoms with van der Waals surface area (Å²) >= 11 is 0. The van der Waals surface area contributed by atoms with Crippen molar-refractivity contribution in [1.82, 2.24) is 5.43 Å². The molecule has 1 amide bonds. The molecule has 2 aromatic carbocycles. The second-order valence-electron chi connectivity index (χ2n) is 5.02. The lowest BCUT2D eigenvalue weighted by Crippen LogP contribution is -2.27. The van der Waals surface area contributed by atoms with Gasteiger partial charge in [0.25, 0.3) is 5.91 Å². The molecule has 0 fully saturated rings. The van der Waals surface area contributed by atoms with Crippen LogP contribution in [0.25, 0.3) is 0 Å². The number of anilines is 2. The largest absolute Gasteiger partial charge is 0.399 e. The second kappa shape index (κ2) is 7.26. The van der Waals surface area contributed by atoms with E-state index < -0.39 is 0 Å². The van der Waals surface area contributed by atoms with Gasteiger partial charge in [-0.2, -0.15) is 5.10 Å². The topological polar surface area (TPSA) is 79.5 Å².